The zero-order valence-electron chi connectivity index (χ0n) is 27.4. The highest BCUT2D eigenvalue weighted by Crippen LogP contribution is 2.55. The lowest BCUT2D eigenvalue weighted by Gasteiger charge is -2.26. The van der Waals surface area contributed by atoms with E-state index in [1.54, 1.807) is 6.92 Å². The first-order valence-electron chi connectivity index (χ1n) is 15.2. The molecule has 5 aromatic rings. The van der Waals surface area contributed by atoms with Gasteiger partial charge in [-0.25, -0.2) is 9.59 Å². The molecule has 0 fully saturated rings. The van der Waals surface area contributed by atoms with Gasteiger partial charge < -0.3 is 50.4 Å². The summed E-state index contributed by atoms with van der Waals surface area (Å²) in [6.07, 6.45) is 1.51. The van der Waals surface area contributed by atoms with Gasteiger partial charge in [-0.05, 0) is 19.2 Å². The zero-order chi connectivity index (χ0) is 36.5. The van der Waals surface area contributed by atoms with E-state index in [1.807, 2.05) is 0 Å². The normalized spacial score (nSPS) is 15.3. The van der Waals surface area contributed by atoms with Crippen LogP contribution in [-0.4, -0.2) is 89.9 Å². The Bertz CT molecular complexity index is 2440. The van der Waals surface area contributed by atoms with E-state index in [4.69, 9.17) is 14.2 Å². The van der Waals surface area contributed by atoms with Crippen LogP contribution in [0.15, 0.2) is 27.3 Å². The van der Waals surface area contributed by atoms with Crippen molar-refractivity contribution in [3.63, 3.8) is 0 Å². The summed E-state index contributed by atoms with van der Waals surface area (Å²) in [7, 11) is 3.88. The van der Waals surface area contributed by atoms with E-state index in [9.17, 15) is 49.5 Å². The number of benzene rings is 5. The molecule has 3 atom stereocenters. The number of aliphatic hydroxyl groups excluding tert-OH is 2. The zero-order valence-corrected chi connectivity index (χ0v) is 27.4. The molecule has 1 aliphatic rings. The third-order valence-electron chi connectivity index (χ3n) is 9.28. The first-order valence-corrected chi connectivity index (χ1v) is 15.2. The smallest absolute Gasteiger partial charge is 0.328 e. The van der Waals surface area contributed by atoms with Crippen LogP contribution in [0.1, 0.15) is 30.9 Å². The summed E-state index contributed by atoms with van der Waals surface area (Å²) in [5.41, 5.74) is -1.41. The van der Waals surface area contributed by atoms with Gasteiger partial charge in [0.25, 0.3) is 0 Å². The quantitative estimate of drug-likeness (QED) is 0.0736. The Kier molecular flexibility index (Phi) is 8.28. The first kappa shape index (κ1) is 34.0. The summed E-state index contributed by atoms with van der Waals surface area (Å²) in [5.74, 6) is -5.14. The number of fused-ring (bicyclic) bond motifs is 1. The molecule has 15 heteroatoms. The van der Waals surface area contributed by atoms with Crippen molar-refractivity contribution in [2.45, 2.75) is 31.8 Å². The number of phenolic OH excluding ortho intramolecular Hbond substituents is 1. The number of aliphatic carboxylic acids is 2. The second-order valence-electron chi connectivity index (χ2n) is 12.0. The Labute approximate surface area is 281 Å². The number of carboxylic acids is 2. The number of aliphatic hydroxyl groups is 2. The van der Waals surface area contributed by atoms with Gasteiger partial charge in [0.1, 0.15) is 35.1 Å². The summed E-state index contributed by atoms with van der Waals surface area (Å²) in [6.45, 7) is 1.13. The molecule has 7 N–H and O–H groups in total. The van der Waals surface area contributed by atoms with Crippen LogP contribution in [0.3, 0.4) is 0 Å². The van der Waals surface area contributed by atoms with Gasteiger partial charge in [0.15, 0.2) is 5.75 Å². The molecule has 0 bridgehead atoms. The van der Waals surface area contributed by atoms with Crippen LogP contribution in [-0.2, 0) is 14.4 Å². The van der Waals surface area contributed by atoms with Crippen molar-refractivity contribution in [3.8, 4) is 23.0 Å². The Hall–Kier alpha value is -5.93. The number of allylic oxidation sites excluding steroid dienone is 1. The predicted molar refractivity (Wildman–Crippen MR) is 184 cm³/mol. The number of phenols is 1. The molecule has 6 rings (SSSR count). The lowest BCUT2D eigenvalue weighted by Crippen LogP contribution is -2.35. The van der Waals surface area contributed by atoms with Crippen LogP contribution in [0.25, 0.3) is 49.2 Å². The number of rotatable bonds is 12. The Balaban J connectivity index is 2.07. The van der Waals surface area contributed by atoms with Crippen molar-refractivity contribution in [2.24, 2.45) is 0 Å². The highest BCUT2D eigenvalue weighted by molar-refractivity contribution is 6.40. The molecule has 0 aliphatic heterocycles. The van der Waals surface area contributed by atoms with Gasteiger partial charge in [-0.15, -0.1) is 0 Å². The van der Waals surface area contributed by atoms with Crippen molar-refractivity contribution in [2.75, 3.05) is 45.2 Å². The fourth-order valence-electron chi connectivity index (χ4n) is 7.27. The number of carbonyl (C=O) groups excluding carboxylic acids is 1. The molecule has 15 nitrogen and oxygen atoms in total. The standard InChI is InChI=1S/C35H32N2O13/c1-11-6-13-21-26-23(31(42)30(13)37-16(10-39)35(46)47)17(41)8-19(49-4)25(26)24-18(48-3)7-14(36-15(9-38)34(44)45)22-28(24)27(21)29(20(11)12(2)40)33(50-5)32(22)43/h6-8,15-16,20,36-39,41H,9-10H2,1-5H3,(H,44,45)(H,46,47). The van der Waals surface area contributed by atoms with Crippen molar-refractivity contribution < 1.29 is 54.1 Å². The second kappa shape index (κ2) is 12.2. The fraction of sp³-hybridized carbons (Fsp3) is 0.286. The number of nitrogens with one attached hydrogen (secondary N) is 2. The number of methoxy groups -OCH3 is 3. The molecule has 0 saturated heterocycles. The second-order valence-corrected chi connectivity index (χ2v) is 12.0. The average Bonchev–Trinajstić information content (AvgIpc) is 3.20. The molecule has 0 heterocycles. The van der Waals surface area contributed by atoms with Crippen molar-refractivity contribution in [1.82, 2.24) is 0 Å². The van der Waals surface area contributed by atoms with E-state index in [-0.39, 0.29) is 82.8 Å². The molecule has 3 unspecified atom stereocenters. The van der Waals surface area contributed by atoms with Crippen LogP contribution in [0, 0.1) is 0 Å². The lowest BCUT2D eigenvalue weighted by molar-refractivity contribution is -0.139. The monoisotopic (exact) mass is 688 g/mol. The molecule has 0 saturated carbocycles. The van der Waals surface area contributed by atoms with Crippen molar-refractivity contribution in [1.29, 1.82) is 0 Å². The van der Waals surface area contributed by atoms with Crippen molar-refractivity contribution in [3.05, 3.63) is 49.3 Å². The minimum Gasteiger partial charge on any atom is -0.507 e. The average molecular weight is 689 g/mol. The maximum absolute atomic E-state index is 14.6. The maximum Gasteiger partial charge on any atom is 0.328 e. The van der Waals surface area contributed by atoms with Gasteiger partial charge in [-0.1, -0.05) is 11.6 Å². The number of ketones is 1. The number of Topliss-reactive ketones (excluding diaryl/α,β-unsaturated/α-hetero) is 1. The van der Waals surface area contributed by atoms with Gasteiger partial charge in [0, 0.05) is 50.2 Å². The van der Waals surface area contributed by atoms with Crippen LogP contribution >= 0.6 is 0 Å². The van der Waals surface area contributed by atoms with E-state index in [0.29, 0.717) is 5.57 Å². The van der Waals surface area contributed by atoms with Gasteiger partial charge in [0.05, 0.1) is 62.6 Å². The van der Waals surface area contributed by atoms with Gasteiger partial charge in [0.2, 0.25) is 10.9 Å². The molecule has 0 radical (unpaired) electrons. The van der Waals surface area contributed by atoms with E-state index >= 15 is 0 Å². The highest BCUT2D eigenvalue weighted by Gasteiger charge is 2.38. The lowest BCUT2D eigenvalue weighted by atomic mass is 9.80. The summed E-state index contributed by atoms with van der Waals surface area (Å²) in [4.78, 5) is 66.7. The van der Waals surface area contributed by atoms with Crippen LogP contribution in [0.4, 0.5) is 11.4 Å². The van der Waals surface area contributed by atoms with Gasteiger partial charge >= 0.3 is 11.9 Å². The topological polar surface area (TPSA) is 238 Å². The minimum atomic E-state index is -1.67. The maximum atomic E-state index is 14.6. The summed E-state index contributed by atoms with van der Waals surface area (Å²) >= 11 is 0. The molecule has 0 amide bonds. The number of carboxylic acid groups (broad SMARTS) is 2. The van der Waals surface area contributed by atoms with E-state index in [1.165, 1.54) is 46.5 Å². The van der Waals surface area contributed by atoms with Crippen LogP contribution < -0.4 is 35.7 Å². The molecule has 1 aliphatic carbocycles. The predicted octanol–water partition coefficient (Wildman–Crippen LogP) is 2.43. The largest absolute Gasteiger partial charge is 0.507 e. The van der Waals surface area contributed by atoms with E-state index < -0.39 is 65.5 Å². The summed E-state index contributed by atoms with van der Waals surface area (Å²) in [5, 5.41) is 56.9. The Morgan fingerprint density at radius 3 is 1.84 bits per heavy atom. The number of carbonyl (C=O) groups is 3. The Morgan fingerprint density at radius 1 is 0.760 bits per heavy atom. The molecule has 260 valence electrons. The van der Waals surface area contributed by atoms with E-state index in [2.05, 4.69) is 10.6 Å². The summed E-state index contributed by atoms with van der Waals surface area (Å²) < 4.78 is 17.3. The third kappa shape index (κ3) is 4.61. The molecule has 5 aromatic carbocycles. The number of anilines is 2. The molecule has 50 heavy (non-hydrogen) atoms. The van der Waals surface area contributed by atoms with Gasteiger partial charge in [-0.3, -0.25) is 14.4 Å². The fourth-order valence-corrected chi connectivity index (χ4v) is 7.27. The summed E-state index contributed by atoms with van der Waals surface area (Å²) in [6, 6.07) is -0.697. The SMILES string of the molecule is COc1c2c3c4c(c(NC(CO)C(=O)O)c(=O)c5c(O)cc(OC)c(c6c(OC)cc(NC(CO)C(=O)O)c(c1=O)c63)c54)C=C(C)C2C(C)=O. The first-order chi connectivity index (χ1) is 23.8. The Morgan fingerprint density at radius 2 is 1.32 bits per heavy atom. The molecular weight excluding hydrogens is 656 g/mol. The number of ether oxygens (including phenoxy) is 3. The molecule has 0 aromatic heterocycles. The van der Waals surface area contributed by atoms with E-state index in [0.717, 1.165) is 0 Å². The molecule has 0 spiro atoms. The molecular formula is C35H32N2O13. The highest BCUT2D eigenvalue weighted by atomic mass is 16.5. The number of hydrogen-bond acceptors (Lipinski definition) is 13. The van der Waals surface area contributed by atoms with Gasteiger partial charge in [-0.2, -0.15) is 0 Å². The number of aromatic hydroxyl groups is 1. The third-order valence-corrected chi connectivity index (χ3v) is 9.28. The van der Waals surface area contributed by atoms with Crippen LogP contribution in [0.5, 0.6) is 23.0 Å². The minimum absolute atomic E-state index is 0.0543. The van der Waals surface area contributed by atoms with Crippen molar-refractivity contribution >= 4 is 78.3 Å². The van der Waals surface area contributed by atoms with Crippen LogP contribution in [0.2, 0.25) is 0 Å². The number of hydrogen-bond donors (Lipinski definition) is 7.